The van der Waals surface area contributed by atoms with Gasteiger partial charge in [0.15, 0.2) is 0 Å². The van der Waals surface area contributed by atoms with Crippen LogP contribution < -0.4 is 10.5 Å². The summed E-state index contributed by atoms with van der Waals surface area (Å²) in [6.07, 6.45) is 1.82. The number of benzene rings is 1. The number of nitrogens with zero attached hydrogens (tertiary/aromatic N) is 1. The van der Waals surface area contributed by atoms with Gasteiger partial charge in [-0.15, -0.1) is 0 Å². The fraction of sp³-hybridized carbons (Fsp3) is 0.154. The number of ether oxygens (including phenoxy) is 1. The van der Waals surface area contributed by atoms with Crippen LogP contribution in [-0.2, 0) is 0 Å². The summed E-state index contributed by atoms with van der Waals surface area (Å²) >= 11 is 0. The van der Waals surface area contributed by atoms with Crippen LogP contribution >= 0.6 is 0 Å². The van der Waals surface area contributed by atoms with Gasteiger partial charge in [0.2, 0.25) is 0 Å². The summed E-state index contributed by atoms with van der Waals surface area (Å²) in [5.41, 5.74) is 9.51. The maximum absolute atomic E-state index is 5.93. The van der Waals surface area contributed by atoms with Crippen molar-refractivity contribution in [2.75, 3.05) is 12.8 Å². The van der Waals surface area contributed by atoms with Crippen molar-refractivity contribution in [1.29, 1.82) is 0 Å². The highest BCUT2D eigenvalue weighted by Gasteiger charge is 2.04. The van der Waals surface area contributed by atoms with Crippen molar-refractivity contribution >= 4 is 5.69 Å². The molecule has 0 bridgehead atoms. The Kier molecular flexibility index (Phi) is 2.77. The number of rotatable bonds is 2. The van der Waals surface area contributed by atoms with Gasteiger partial charge in [0.25, 0.3) is 0 Å². The monoisotopic (exact) mass is 214 g/mol. The molecular weight excluding hydrogens is 200 g/mol. The van der Waals surface area contributed by atoms with Gasteiger partial charge in [-0.25, -0.2) is 0 Å². The molecule has 3 heteroatoms. The lowest BCUT2D eigenvalue weighted by molar-refractivity contribution is 0.415. The lowest BCUT2D eigenvalue weighted by atomic mass is 10.1. The molecule has 2 N–H and O–H groups in total. The zero-order valence-electron chi connectivity index (χ0n) is 9.40. The minimum absolute atomic E-state index is 0.699. The first-order chi connectivity index (χ1) is 7.70. The summed E-state index contributed by atoms with van der Waals surface area (Å²) < 4.78 is 5.10. The zero-order chi connectivity index (χ0) is 11.5. The Morgan fingerprint density at radius 3 is 2.44 bits per heavy atom. The minimum atomic E-state index is 0.699. The first kappa shape index (κ1) is 10.5. The Morgan fingerprint density at radius 2 is 1.88 bits per heavy atom. The van der Waals surface area contributed by atoms with Crippen LogP contribution in [-0.4, -0.2) is 12.1 Å². The van der Waals surface area contributed by atoms with E-state index in [-0.39, 0.29) is 0 Å². The lowest BCUT2D eigenvalue weighted by Crippen LogP contribution is -1.94. The Bertz CT molecular complexity index is 492. The van der Waals surface area contributed by atoms with Crippen LogP contribution in [0.15, 0.2) is 36.5 Å². The van der Waals surface area contributed by atoms with E-state index in [1.165, 1.54) is 0 Å². The Hall–Kier alpha value is -2.03. The molecular formula is C13H14N2O. The van der Waals surface area contributed by atoms with Crippen LogP contribution in [0.3, 0.4) is 0 Å². The third-order valence-corrected chi connectivity index (χ3v) is 2.42. The molecule has 2 rings (SSSR count). The van der Waals surface area contributed by atoms with Crippen molar-refractivity contribution in [2.24, 2.45) is 0 Å². The number of nitrogen functional groups attached to an aromatic ring is 1. The van der Waals surface area contributed by atoms with E-state index in [1.807, 2.05) is 43.5 Å². The first-order valence-electron chi connectivity index (χ1n) is 5.07. The second-order valence-electron chi connectivity index (χ2n) is 3.68. The predicted octanol–water partition coefficient (Wildman–Crippen LogP) is 2.65. The Morgan fingerprint density at radius 1 is 1.19 bits per heavy atom. The van der Waals surface area contributed by atoms with Crippen molar-refractivity contribution in [3.8, 4) is 17.0 Å². The molecule has 0 aliphatic carbocycles. The van der Waals surface area contributed by atoms with Gasteiger partial charge in [0.1, 0.15) is 5.75 Å². The fourth-order valence-electron chi connectivity index (χ4n) is 1.58. The third-order valence-electron chi connectivity index (χ3n) is 2.42. The average Bonchev–Trinajstić information content (AvgIpc) is 2.29. The molecule has 0 aliphatic heterocycles. The number of anilines is 1. The topological polar surface area (TPSA) is 48.1 Å². The van der Waals surface area contributed by atoms with Gasteiger partial charge in [-0.3, -0.25) is 4.98 Å². The van der Waals surface area contributed by atoms with Crippen molar-refractivity contribution in [3.05, 3.63) is 42.1 Å². The summed E-state index contributed by atoms with van der Waals surface area (Å²) in [7, 11) is 1.65. The summed E-state index contributed by atoms with van der Waals surface area (Å²) in [4.78, 5) is 4.34. The highest BCUT2D eigenvalue weighted by atomic mass is 16.5. The molecule has 1 heterocycles. The molecule has 0 fully saturated rings. The molecule has 0 atom stereocenters. The van der Waals surface area contributed by atoms with Crippen LogP contribution in [0, 0.1) is 6.92 Å². The SMILES string of the molecule is COc1ccc(-c2ncc(C)cc2N)cc1. The normalized spacial score (nSPS) is 10.1. The maximum Gasteiger partial charge on any atom is 0.118 e. The molecule has 3 nitrogen and oxygen atoms in total. The molecule has 0 saturated heterocycles. The molecule has 16 heavy (non-hydrogen) atoms. The van der Waals surface area contributed by atoms with E-state index in [4.69, 9.17) is 10.5 Å². The molecule has 0 saturated carbocycles. The molecule has 1 aromatic heterocycles. The van der Waals surface area contributed by atoms with E-state index in [0.717, 1.165) is 22.6 Å². The average molecular weight is 214 g/mol. The third kappa shape index (κ3) is 1.98. The molecule has 0 unspecified atom stereocenters. The molecule has 0 radical (unpaired) electrons. The second-order valence-corrected chi connectivity index (χ2v) is 3.68. The van der Waals surface area contributed by atoms with Crippen LogP contribution in [0.5, 0.6) is 5.75 Å². The number of aryl methyl sites for hydroxylation is 1. The van der Waals surface area contributed by atoms with Crippen LogP contribution in [0.25, 0.3) is 11.3 Å². The van der Waals surface area contributed by atoms with Gasteiger partial charge in [0, 0.05) is 11.8 Å². The van der Waals surface area contributed by atoms with Crippen molar-refractivity contribution in [3.63, 3.8) is 0 Å². The lowest BCUT2D eigenvalue weighted by Gasteiger charge is -2.06. The first-order valence-corrected chi connectivity index (χ1v) is 5.07. The molecule has 82 valence electrons. The van der Waals surface area contributed by atoms with E-state index < -0.39 is 0 Å². The van der Waals surface area contributed by atoms with E-state index in [1.54, 1.807) is 7.11 Å². The Balaban J connectivity index is 2.42. The number of nitrogens with two attached hydrogens (primary N) is 1. The number of pyridine rings is 1. The molecule has 1 aromatic carbocycles. The number of hydrogen-bond donors (Lipinski definition) is 1. The summed E-state index contributed by atoms with van der Waals surface area (Å²) in [6.45, 7) is 1.97. The number of aromatic nitrogens is 1. The highest BCUT2D eigenvalue weighted by molar-refractivity contribution is 5.72. The maximum atomic E-state index is 5.93. The minimum Gasteiger partial charge on any atom is -0.497 e. The number of hydrogen-bond acceptors (Lipinski definition) is 3. The van der Waals surface area contributed by atoms with Crippen molar-refractivity contribution < 1.29 is 4.74 Å². The Labute approximate surface area is 94.9 Å². The summed E-state index contributed by atoms with van der Waals surface area (Å²) in [5.74, 6) is 0.828. The van der Waals surface area contributed by atoms with E-state index >= 15 is 0 Å². The molecule has 2 aromatic rings. The second kappa shape index (κ2) is 4.23. The quantitative estimate of drug-likeness (QED) is 0.836. The standard InChI is InChI=1S/C13H14N2O/c1-9-7-12(14)13(15-8-9)10-3-5-11(16-2)6-4-10/h3-8H,14H2,1-2H3. The van der Waals surface area contributed by atoms with E-state index in [0.29, 0.717) is 5.69 Å². The van der Waals surface area contributed by atoms with Gasteiger partial charge in [-0.05, 0) is 42.8 Å². The number of methoxy groups -OCH3 is 1. The van der Waals surface area contributed by atoms with Crippen LogP contribution in [0.2, 0.25) is 0 Å². The van der Waals surface area contributed by atoms with Gasteiger partial charge >= 0.3 is 0 Å². The fourth-order valence-corrected chi connectivity index (χ4v) is 1.58. The van der Waals surface area contributed by atoms with Crippen molar-refractivity contribution in [2.45, 2.75) is 6.92 Å². The van der Waals surface area contributed by atoms with Gasteiger partial charge < -0.3 is 10.5 Å². The largest absolute Gasteiger partial charge is 0.497 e. The molecule has 0 amide bonds. The molecule has 0 spiro atoms. The van der Waals surface area contributed by atoms with Gasteiger partial charge in [0.05, 0.1) is 18.5 Å². The van der Waals surface area contributed by atoms with Gasteiger partial charge in [-0.2, -0.15) is 0 Å². The van der Waals surface area contributed by atoms with E-state index in [9.17, 15) is 0 Å². The summed E-state index contributed by atoms with van der Waals surface area (Å²) in [6, 6.07) is 9.62. The van der Waals surface area contributed by atoms with Crippen molar-refractivity contribution in [1.82, 2.24) is 4.98 Å². The highest BCUT2D eigenvalue weighted by Crippen LogP contribution is 2.25. The van der Waals surface area contributed by atoms with Crippen LogP contribution in [0.1, 0.15) is 5.56 Å². The van der Waals surface area contributed by atoms with E-state index in [2.05, 4.69) is 4.98 Å². The van der Waals surface area contributed by atoms with Gasteiger partial charge in [-0.1, -0.05) is 0 Å². The zero-order valence-corrected chi connectivity index (χ0v) is 9.40. The summed E-state index contributed by atoms with van der Waals surface area (Å²) in [5, 5.41) is 0. The van der Waals surface area contributed by atoms with Crippen LogP contribution in [0.4, 0.5) is 5.69 Å². The predicted molar refractivity (Wildman–Crippen MR) is 65.4 cm³/mol. The smallest absolute Gasteiger partial charge is 0.118 e. The molecule has 0 aliphatic rings.